The number of ether oxygens (including phenoxy) is 2. The summed E-state index contributed by atoms with van der Waals surface area (Å²) in [5, 5.41) is 2.70. The third-order valence-corrected chi connectivity index (χ3v) is 3.57. The number of hydrogen-bond donors (Lipinski definition) is 1. The molecule has 1 amide bonds. The van der Waals surface area contributed by atoms with Gasteiger partial charge in [0.25, 0.3) is 5.91 Å². The average molecular weight is 357 g/mol. The van der Waals surface area contributed by atoms with E-state index in [1.54, 1.807) is 19.2 Å². The van der Waals surface area contributed by atoms with Crippen molar-refractivity contribution in [2.24, 2.45) is 0 Å². The molecule has 2 rings (SSSR count). The van der Waals surface area contributed by atoms with E-state index in [4.69, 9.17) is 9.47 Å². The van der Waals surface area contributed by atoms with Gasteiger partial charge in [0, 0.05) is 12.6 Å². The fraction of sp³-hybridized carbons (Fsp3) is 0.200. The number of rotatable bonds is 7. The molecule has 0 aliphatic rings. The Hall–Kier alpha value is -3.15. The lowest BCUT2D eigenvalue weighted by Gasteiger charge is -2.12. The highest BCUT2D eigenvalue weighted by Gasteiger charge is 2.16. The van der Waals surface area contributed by atoms with Gasteiger partial charge in [-0.3, -0.25) is 4.79 Å². The maximum Gasteiger partial charge on any atom is 0.331 e. The minimum Gasteiger partial charge on any atom is -0.497 e. The fourth-order valence-electron chi connectivity index (χ4n) is 2.08. The Kier molecular flexibility index (Phi) is 6.91. The quantitative estimate of drug-likeness (QED) is 0.611. The monoisotopic (exact) mass is 357 g/mol. The van der Waals surface area contributed by atoms with Gasteiger partial charge in [-0.05, 0) is 48.4 Å². The molecule has 5 nitrogen and oxygen atoms in total. The number of carbonyl (C=O) groups excluding carboxylic acids is 2. The Morgan fingerprint density at radius 3 is 2.38 bits per heavy atom. The van der Waals surface area contributed by atoms with Gasteiger partial charge in [-0.1, -0.05) is 24.3 Å². The minimum absolute atomic E-state index is 0.316. The number of nitrogens with one attached hydrogen (secondary N) is 1. The van der Waals surface area contributed by atoms with Gasteiger partial charge in [-0.25, -0.2) is 9.18 Å². The largest absolute Gasteiger partial charge is 0.497 e. The molecule has 0 aliphatic heterocycles. The first-order chi connectivity index (χ1) is 12.5. The Morgan fingerprint density at radius 1 is 1.12 bits per heavy atom. The first-order valence-electron chi connectivity index (χ1n) is 8.03. The Labute approximate surface area is 151 Å². The summed E-state index contributed by atoms with van der Waals surface area (Å²) in [6.45, 7) is 1.81. The van der Waals surface area contributed by atoms with Crippen LogP contribution in [0.1, 0.15) is 18.1 Å². The van der Waals surface area contributed by atoms with Crippen molar-refractivity contribution in [2.45, 2.75) is 19.6 Å². The van der Waals surface area contributed by atoms with Crippen molar-refractivity contribution in [3.8, 4) is 5.75 Å². The van der Waals surface area contributed by atoms with E-state index in [1.165, 1.54) is 43.3 Å². The van der Waals surface area contributed by atoms with E-state index in [0.717, 1.165) is 11.3 Å². The Morgan fingerprint density at radius 2 is 1.77 bits per heavy atom. The molecule has 1 atom stereocenters. The molecule has 2 aromatic carbocycles. The topological polar surface area (TPSA) is 64.6 Å². The summed E-state index contributed by atoms with van der Waals surface area (Å²) in [6, 6.07) is 12.9. The molecule has 0 heterocycles. The second-order valence-corrected chi connectivity index (χ2v) is 5.53. The van der Waals surface area contributed by atoms with Crippen LogP contribution in [-0.4, -0.2) is 25.1 Å². The summed E-state index contributed by atoms with van der Waals surface area (Å²) < 4.78 is 22.9. The fourth-order valence-corrected chi connectivity index (χ4v) is 2.08. The molecule has 2 aromatic rings. The molecule has 0 aromatic heterocycles. The third kappa shape index (κ3) is 6.05. The maximum absolute atomic E-state index is 12.8. The van der Waals surface area contributed by atoms with Crippen LogP contribution in [0, 0.1) is 5.82 Å². The summed E-state index contributed by atoms with van der Waals surface area (Å²) in [5.41, 5.74) is 1.55. The molecule has 0 saturated heterocycles. The lowest BCUT2D eigenvalue weighted by atomic mass is 10.2. The SMILES string of the molecule is COc1ccc(CNC(=O)[C@@H](C)OC(=O)/C=C/c2ccc(F)cc2)cc1. The molecule has 0 bridgehead atoms. The molecule has 136 valence electrons. The normalized spacial score (nSPS) is 11.8. The molecular weight excluding hydrogens is 337 g/mol. The first-order valence-corrected chi connectivity index (χ1v) is 8.03. The molecule has 1 N–H and O–H groups in total. The Bertz CT molecular complexity index is 769. The van der Waals surface area contributed by atoms with Crippen LogP contribution in [0.25, 0.3) is 6.08 Å². The van der Waals surface area contributed by atoms with Gasteiger partial charge in [0.2, 0.25) is 0 Å². The average Bonchev–Trinajstić information content (AvgIpc) is 2.66. The van der Waals surface area contributed by atoms with Crippen molar-refractivity contribution < 1.29 is 23.5 Å². The van der Waals surface area contributed by atoms with Crippen LogP contribution in [0.5, 0.6) is 5.75 Å². The third-order valence-electron chi connectivity index (χ3n) is 3.57. The van der Waals surface area contributed by atoms with Crippen LogP contribution >= 0.6 is 0 Å². The van der Waals surface area contributed by atoms with E-state index in [-0.39, 0.29) is 5.82 Å². The van der Waals surface area contributed by atoms with E-state index in [0.29, 0.717) is 12.1 Å². The molecule has 0 saturated carbocycles. The standard InChI is InChI=1S/C20H20FNO4/c1-14(20(24)22-13-16-5-10-18(25-2)11-6-16)26-19(23)12-7-15-3-8-17(21)9-4-15/h3-12,14H,13H2,1-2H3,(H,22,24)/b12-7+/t14-/m1/s1. The second-order valence-electron chi connectivity index (χ2n) is 5.53. The van der Waals surface area contributed by atoms with Crippen molar-refractivity contribution in [3.05, 3.63) is 71.6 Å². The van der Waals surface area contributed by atoms with E-state index in [9.17, 15) is 14.0 Å². The number of hydrogen-bond acceptors (Lipinski definition) is 4. The highest BCUT2D eigenvalue weighted by molar-refractivity contribution is 5.90. The maximum atomic E-state index is 12.8. The van der Waals surface area contributed by atoms with Crippen molar-refractivity contribution in [1.82, 2.24) is 5.32 Å². The van der Waals surface area contributed by atoms with Crippen LogP contribution < -0.4 is 10.1 Å². The van der Waals surface area contributed by atoms with E-state index < -0.39 is 18.0 Å². The van der Waals surface area contributed by atoms with Crippen LogP contribution in [0.4, 0.5) is 4.39 Å². The zero-order valence-corrected chi connectivity index (χ0v) is 14.6. The number of halogens is 1. The molecule has 0 radical (unpaired) electrons. The lowest BCUT2D eigenvalue weighted by Crippen LogP contribution is -2.35. The molecule has 0 fully saturated rings. The van der Waals surface area contributed by atoms with Crippen molar-refractivity contribution >= 4 is 18.0 Å². The predicted octanol–water partition coefficient (Wildman–Crippen LogP) is 3.10. The van der Waals surface area contributed by atoms with E-state index >= 15 is 0 Å². The van der Waals surface area contributed by atoms with E-state index in [1.807, 2.05) is 12.1 Å². The first kappa shape index (κ1) is 19.2. The number of benzene rings is 2. The molecule has 6 heteroatoms. The zero-order chi connectivity index (χ0) is 18.9. The van der Waals surface area contributed by atoms with Gasteiger partial charge < -0.3 is 14.8 Å². The van der Waals surface area contributed by atoms with Gasteiger partial charge in [0.05, 0.1) is 7.11 Å². The number of amides is 1. The van der Waals surface area contributed by atoms with E-state index in [2.05, 4.69) is 5.32 Å². The smallest absolute Gasteiger partial charge is 0.331 e. The minimum atomic E-state index is -0.932. The van der Waals surface area contributed by atoms with Gasteiger partial charge in [-0.2, -0.15) is 0 Å². The van der Waals surface area contributed by atoms with Crippen molar-refractivity contribution in [3.63, 3.8) is 0 Å². The number of methoxy groups -OCH3 is 1. The van der Waals surface area contributed by atoms with Gasteiger partial charge in [0.1, 0.15) is 11.6 Å². The highest BCUT2D eigenvalue weighted by Crippen LogP contribution is 2.11. The van der Waals surface area contributed by atoms with Gasteiger partial charge in [-0.15, -0.1) is 0 Å². The van der Waals surface area contributed by atoms with Crippen LogP contribution in [0.3, 0.4) is 0 Å². The van der Waals surface area contributed by atoms with Crippen molar-refractivity contribution in [2.75, 3.05) is 7.11 Å². The Balaban J connectivity index is 1.79. The highest BCUT2D eigenvalue weighted by atomic mass is 19.1. The summed E-state index contributed by atoms with van der Waals surface area (Å²) in [4.78, 5) is 23.8. The molecule has 0 spiro atoms. The molecule has 0 unspecified atom stereocenters. The summed E-state index contributed by atoms with van der Waals surface area (Å²) >= 11 is 0. The van der Waals surface area contributed by atoms with Crippen LogP contribution in [-0.2, 0) is 20.9 Å². The second kappa shape index (κ2) is 9.36. The van der Waals surface area contributed by atoms with Crippen LogP contribution in [0.15, 0.2) is 54.6 Å². The van der Waals surface area contributed by atoms with Gasteiger partial charge >= 0.3 is 5.97 Å². The molecule has 26 heavy (non-hydrogen) atoms. The van der Waals surface area contributed by atoms with Crippen LogP contribution in [0.2, 0.25) is 0 Å². The number of esters is 1. The lowest BCUT2D eigenvalue weighted by molar-refractivity contribution is -0.150. The summed E-state index contributed by atoms with van der Waals surface area (Å²) in [5.74, 6) is -0.673. The van der Waals surface area contributed by atoms with Gasteiger partial charge in [0.15, 0.2) is 6.10 Å². The summed E-state index contributed by atoms with van der Waals surface area (Å²) in [6.07, 6.45) is 1.75. The molecule has 0 aliphatic carbocycles. The molecular formula is C20H20FNO4. The number of carbonyl (C=O) groups is 2. The predicted molar refractivity (Wildman–Crippen MR) is 95.8 cm³/mol. The van der Waals surface area contributed by atoms with Crippen molar-refractivity contribution in [1.29, 1.82) is 0 Å². The zero-order valence-electron chi connectivity index (χ0n) is 14.6. The summed E-state index contributed by atoms with van der Waals surface area (Å²) in [7, 11) is 1.58.